The zero-order valence-electron chi connectivity index (χ0n) is 13.4. The molecule has 116 valence electrons. The standard InChI is InChI=1S/C19H23NO2/c1-14-9-10-18(11-15(14)2)22-13-19(21)20-12-16(3)17-7-5-4-6-8-17/h4-11,16H,12-13H2,1-3H3,(H,20,21)/t16-/m1/s1. The predicted molar refractivity (Wildman–Crippen MR) is 89.3 cm³/mol. The summed E-state index contributed by atoms with van der Waals surface area (Å²) < 4.78 is 5.53. The van der Waals surface area contributed by atoms with E-state index in [2.05, 4.69) is 31.3 Å². The maximum Gasteiger partial charge on any atom is 0.257 e. The highest BCUT2D eigenvalue weighted by Gasteiger charge is 2.08. The van der Waals surface area contributed by atoms with Crippen molar-refractivity contribution in [3.05, 3.63) is 65.2 Å². The Bertz CT molecular complexity index is 623. The minimum Gasteiger partial charge on any atom is -0.484 e. The summed E-state index contributed by atoms with van der Waals surface area (Å²) in [7, 11) is 0. The summed E-state index contributed by atoms with van der Waals surface area (Å²) in [4.78, 5) is 11.9. The van der Waals surface area contributed by atoms with E-state index in [9.17, 15) is 4.79 Å². The van der Waals surface area contributed by atoms with E-state index >= 15 is 0 Å². The number of aryl methyl sites for hydroxylation is 2. The van der Waals surface area contributed by atoms with E-state index in [-0.39, 0.29) is 18.4 Å². The summed E-state index contributed by atoms with van der Waals surface area (Å²) in [5, 5.41) is 2.91. The van der Waals surface area contributed by atoms with Crippen LogP contribution in [-0.2, 0) is 4.79 Å². The van der Waals surface area contributed by atoms with Crippen LogP contribution in [0.1, 0.15) is 29.5 Å². The summed E-state index contributed by atoms with van der Waals surface area (Å²) in [5.41, 5.74) is 3.60. The quantitative estimate of drug-likeness (QED) is 0.884. The number of carbonyl (C=O) groups is 1. The Hall–Kier alpha value is -2.29. The molecule has 0 aliphatic rings. The van der Waals surface area contributed by atoms with Crippen LogP contribution in [0.15, 0.2) is 48.5 Å². The normalized spacial score (nSPS) is 11.8. The zero-order valence-corrected chi connectivity index (χ0v) is 13.4. The highest BCUT2D eigenvalue weighted by molar-refractivity contribution is 5.77. The van der Waals surface area contributed by atoms with Gasteiger partial charge in [0.2, 0.25) is 0 Å². The van der Waals surface area contributed by atoms with Crippen LogP contribution < -0.4 is 10.1 Å². The van der Waals surface area contributed by atoms with Crippen LogP contribution >= 0.6 is 0 Å². The lowest BCUT2D eigenvalue weighted by atomic mass is 10.0. The van der Waals surface area contributed by atoms with Gasteiger partial charge in [0.05, 0.1) is 0 Å². The predicted octanol–water partition coefficient (Wildman–Crippen LogP) is 3.60. The maximum atomic E-state index is 11.9. The van der Waals surface area contributed by atoms with Crippen LogP contribution in [0.25, 0.3) is 0 Å². The highest BCUT2D eigenvalue weighted by Crippen LogP contribution is 2.16. The second-order valence-electron chi connectivity index (χ2n) is 5.65. The summed E-state index contributed by atoms with van der Waals surface area (Å²) in [5.74, 6) is 0.919. The first-order chi connectivity index (χ1) is 10.6. The van der Waals surface area contributed by atoms with Crippen LogP contribution in [0.2, 0.25) is 0 Å². The monoisotopic (exact) mass is 297 g/mol. The molecule has 3 heteroatoms. The Balaban J connectivity index is 1.77. The number of hydrogen-bond donors (Lipinski definition) is 1. The largest absolute Gasteiger partial charge is 0.484 e. The van der Waals surface area contributed by atoms with Crippen LogP contribution in [0.3, 0.4) is 0 Å². The van der Waals surface area contributed by atoms with Gasteiger partial charge in [0, 0.05) is 6.54 Å². The number of ether oxygens (including phenoxy) is 1. The fourth-order valence-corrected chi connectivity index (χ4v) is 2.17. The van der Waals surface area contributed by atoms with Crippen LogP contribution in [0.5, 0.6) is 5.75 Å². The van der Waals surface area contributed by atoms with E-state index in [1.807, 2.05) is 43.3 Å². The van der Waals surface area contributed by atoms with E-state index in [0.29, 0.717) is 6.54 Å². The second kappa shape index (κ2) is 7.64. The first-order valence-electron chi connectivity index (χ1n) is 7.58. The summed E-state index contributed by atoms with van der Waals surface area (Å²) >= 11 is 0. The van der Waals surface area contributed by atoms with Gasteiger partial charge in [0.25, 0.3) is 5.91 Å². The van der Waals surface area contributed by atoms with Gasteiger partial charge < -0.3 is 10.1 Å². The lowest BCUT2D eigenvalue weighted by Gasteiger charge is -2.13. The van der Waals surface area contributed by atoms with Crippen LogP contribution in [0, 0.1) is 13.8 Å². The molecule has 3 nitrogen and oxygen atoms in total. The fraction of sp³-hybridized carbons (Fsp3) is 0.316. The number of hydrogen-bond acceptors (Lipinski definition) is 2. The molecule has 0 radical (unpaired) electrons. The summed E-state index contributed by atoms with van der Waals surface area (Å²) in [6, 6.07) is 16.0. The van der Waals surface area contributed by atoms with E-state index in [0.717, 1.165) is 11.3 Å². The minimum atomic E-state index is -0.0963. The van der Waals surface area contributed by atoms with Crippen molar-refractivity contribution in [3.8, 4) is 5.75 Å². The molecule has 0 unspecified atom stereocenters. The third kappa shape index (κ3) is 4.62. The van der Waals surface area contributed by atoms with Crippen molar-refractivity contribution in [1.29, 1.82) is 0 Å². The number of amides is 1. The third-order valence-corrected chi connectivity index (χ3v) is 3.82. The van der Waals surface area contributed by atoms with Crippen molar-refractivity contribution in [1.82, 2.24) is 5.32 Å². The SMILES string of the molecule is Cc1ccc(OCC(=O)NC[C@@H](C)c2ccccc2)cc1C. The highest BCUT2D eigenvalue weighted by atomic mass is 16.5. The lowest BCUT2D eigenvalue weighted by molar-refractivity contribution is -0.123. The number of benzene rings is 2. The Morgan fingerprint density at radius 2 is 1.82 bits per heavy atom. The van der Waals surface area contributed by atoms with Crippen LogP contribution in [-0.4, -0.2) is 19.1 Å². The molecule has 2 aromatic rings. The van der Waals surface area contributed by atoms with Gasteiger partial charge >= 0.3 is 0 Å². The van der Waals surface area contributed by atoms with Gasteiger partial charge in [0.15, 0.2) is 6.61 Å². The van der Waals surface area contributed by atoms with Gasteiger partial charge in [-0.3, -0.25) is 4.79 Å². The van der Waals surface area contributed by atoms with Crippen molar-refractivity contribution >= 4 is 5.91 Å². The molecule has 0 heterocycles. The van der Waals surface area contributed by atoms with Crippen molar-refractivity contribution in [2.75, 3.05) is 13.2 Å². The molecular weight excluding hydrogens is 274 g/mol. The molecule has 2 aromatic carbocycles. The Kier molecular flexibility index (Phi) is 5.59. The Labute approximate surface area is 132 Å². The van der Waals surface area contributed by atoms with Gasteiger partial charge in [-0.25, -0.2) is 0 Å². The molecule has 0 saturated heterocycles. The van der Waals surface area contributed by atoms with Gasteiger partial charge in [-0.15, -0.1) is 0 Å². The number of nitrogens with one attached hydrogen (secondary N) is 1. The van der Waals surface area contributed by atoms with Crippen LogP contribution in [0.4, 0.5) is 0 Å². The van der Waals surface area contributed by atoms with Gasteiger partial charge in [0.1, 0.15) is 5.75 Å². The minimum absolute atomic E-state index is 0.0456. The lowest BCUT2D eigenvalue weighted by Crippen LogP contribution is -2.31. The van der Waals surface area contributed by atoms with Crippen molar-refractivity contribution in [2.45, 2.75) is 26.7 Å². The molecule has 1 atom stereocenters. The zero-order chi connectivity index (χ0) is 15.9. The molecule has 0 aliphatic carbocycles. The molecule has 0 bridgehead atoms. The molecule has 0 aromatic heterocycles. The Morgan fingerprint density at radius 1 is 1.09 bits per heavy atom. The molecule has 2 rings (SSSR count). The summed E-state index contributed by atoms with van der Waals surface area (Å²) in [6.45, 7) is 6.84. The van der Waals surface area contributed by atoms with Gasteiger partial charge in [-0.2, -0.15) is 0 Å². The van der Waals surface area contributed by atoms with E-state index in [1.165, 1.54) is 11.1 Å². The summed E-state index contributed by atoms with van der Waals surface area (Å²) in [6.07, 6.45) is 0. The van der Waals surface area contributed by atoms with E-state index in [1.54, 1.807) is 0 Å². The molecule has 0 fully saturated rings. The Morgan fingerprint density at radius 3 is 2.50 bits per heavy atom. The first kappa shape index (κ1) is 16.1. The van der Waals surface area contributed by atoms with Gasteiger partial charge in [-0.05, 0) is 48.6 Å². The third-order valence-electron chi connectivity index (χ3n) is 3.82. The van der Waals surface area contributed by atoms with Crippen molar-refractivity contribution in [2.24, 2.45) is 0 Å². The maximum absolute atomic E-state index is 11.9. The topological polar surface area (TPSA) is 38.3 Å². The molecule has 0 spiro atoms. The molecule has 22 heavy (non-hydrogen) atoms. The number of carbonyl (C=O) groups excluding carboxylic acids is 1. The number of rotatable bonds is 6. The molecular formula is C19H23NO2. The average Bonchev–Trinajstić information content (AvgIpc) is 2.54. The van der Waals surface area contributed by atoms with Crippen molar-refractivity contribution in [3.63, 3.8) is 0 Å². The van der Waals surface area contributed by atoms with Gasteiger partial charge in [-0.1, -0.05) is 43.3 Å². The fourth-order valence-electron chi connectivity index (χ4n) is 2.17. The van der Waals surface area contributed by atoms with E-state index < -0.39 is 0 Å². The first-order valence-corrected chi connectivity index (χ1v) is 7.58. The molecule has 0 saturated carbocycles. The second-order valence-corrected chi connectivity index (χ2v) is 5.65. The smallest absolute Gasteiger partial charge is 0.257 e. The van der Waals surface area contributed by atoms with Crippen molar-refractivity contribution < 1.29 is 9.53 Å². The molecule has 0 aliphatic heterocycles. The molecule has 1 amide bonds. The van der Waals surface area contributed by atoms with E-state index in [4.69, 9.17) is 4.74 Å². The molecule has 1 N–H and O–H groups in total. The average molecular weight is 297 g/mol.